The molecule has 2 aromatic rings. The molecule has 0 saturated heterocycles. The van der Waals surface area contributed by atoms with Crippen LogP contribution in [-0.4, -0.2) is 12.5 Å². The number of ether oxygens (including phenoxy) is 1. The monoisotopic (exact) mass is 340 g/mol. The number of benzene rings is 2. The molecule has 20 heavy (non-hydrogen) atoms. The van der Waals surface area contributed by atoms with E-state index in [2.05, 4.69) is 15.9 Å². The van der Waals surface area contributed by atoms with E-state index < -0.39 is 12.5 Å². The Morgan fingerprint density at radius 1 is 0.950 bits per heavy atom. The summed E-state index contributed by atoms with van der Waals surface area (Å²) in [6.07, 6.45) is 0.130. The van der Waals surface area contributed by atoms with E-state index in [1.165, 1.54) is 0 Å². The molecule has 0 atom stereocenters. The van der Waals surface area contributed by atoms with E-state index in [1.54, 1.807) is 24.3 Å². The summed E-state index contributed by atoms with van der Waals surface area (Å²) in [5.74, 6) is -2.38. The highest BCUT2D eigenvalue weighted by molar-refractivity contribution is 9.10. The summed E-state index contributed by atoms with van der Waals surface area (Å²) in [6, 6.07) is 16.1. The molecule has 0 unspecified atom stereocenters. The van der Waals surface area contributed by atoms with Crippen molar-refractivity contribution in [3.05, 3.63) is 64.6 Å². The molecular formula is C16H15BrF2O. The van der Waals surface area contributed by atoms with Gasteiger partial charge in [-0.25, -0.2) is 8.78 Å². The Balaban J connectivity index is 1.83. The maximum absolute atomic E-state index is 13.7. The molecule has 2 aromatic carbocycles. The largest absolute Gasteiger partial charge is 0.487 e. The summed E-state index contributed by atoms with van der Waals surface area (Å²) in [5, 5.41) is 0. The third-order valence-corrected chi connectivity index (χ3v) is 3.41. The molecule has 106 valence electrons. The van der Waals surface area contributed by atoms with Crippen LogP contribution in [-0.2, 0) is 6.42 Å². The highest BCUT2D eigenvalue weighted by Gasteiger charge is 2.29. The molecule has 2 rings (SSSR count). The Bertz CT molecular complexity index is 526. The average molecular weight is 341 g/mol. The quantitative estimate of drug-likeness (QED) is 0.711. The Morgan fingerprint density at radius 3 is 2.25 bits per heavy atom. The average Bonchev–Trinajstić information content (AvgIpc) is 2.46. The highest BCUT2D eigenvalue weighted by Crippen LogP contribution is 2.24. The van der Waals surface area contributed by atoms with Crippen molar-refractivity contribution in [2.45, 2.75) is 18.8 Å². The number of hydrogen-bond donors (Lipinski definition) is 0. The van der Waals surface area contributed by atoms with Crippen LogP contribution in [0, 0.1) is 0 Å². The van der Waals surface area contributed by atoms with E-state index in [0.717, 1.165) is 10.0 Å². The molecule has 0 bridgehead atoms. The highest BCUT2D eigenvalue weighted by atomic mass is 79.9. The van der Waals surface area contributed by atoms with Crippen LogP contribution in [0.3, 0.4) is 0 Å². The summed E-state index contributed by atoms with van der Waals surface area (Å²) in [6.45, 7) is -0.596. The first-order valence-electron chi connectivity index (χ1n) is 6.35. The lowest BCUT2D eigenvalue weighted by molar-refractivity contribution is -0.0473. The topological polar surface area (TPSA) is 9.23 Å². The van der Waals surface area contributed by atoms with Crippen molar-refractivity contribution in [2.75, 3.05) is 6.61 Å². The van der Waals surface area contributed by atoms with Crippen molar-refractivity contribution < 1.29 is 13.5 Å². The zero-order chi connectivity index (χ0) is 14.4. The van der Waals surface area contributed by atoms with E-state index in [9.17, 15) is 8.78 Å². The van der Waals surface area contributed by atoms with Crippen molar-refractivity contribution in [1.29, 1.82) is 0 Å². The third kappa shape index (κ3) is 4.93. The first-order valence-corrected chi connectivity index (χ1v) is 7.15. The van der Waals surface area contributed by atoms with Gasteiger partial charge in [-0.05, 0) is 36.2 Å². The first-order chi connectivity index (χ1) is 9.55. The second-order valence-corrected chi connectivity index (χ2v) is 5.50. The molecule has 1 nitrogen and oxygen atoms in total. The minimum atomic E-state index is -2.83. The predicted octanol–water partition coefficient (Wildman–Crippen LogP) is 5.10. The molecule has 0 aromatic heterocycles. The lowest BCUT2D eigenvalue weighted by Gasteiger charge is -2.17. The van der Waals surface area contributed by atoms with Crippen LogP contribution in [0.25, 0.3) is 0 Å². The van der Waals surface area contributed by atoms with Gasteiger partial charge in [-0.15, -0.1) is 0 Å². The molecule has 0 spiro atoms. The van der Waals surface area contributed by atoms with Crippen LogP contribution in [0.5, 0.6) is 5.75 Å². The number of aryl methyl sites for hydroxylation is 1. The summed E-state index contributed by atoms with van der Waals surface area (Å²) in [4.78, 5) is 0. The fourth-order valence-corrected chi connectivity index (χ4v) is 2.03. The van der Waals surface area contributed by atoms with Gasteiger partial charge < -0.3 is 4.74 Å². The van der Waals surface area contributed by atoms with E-state index in [4.69, 9.17) is 4.74 Å². The van der Waals surface area contributed by atoms with Crippen molar-refractivity contribution >= 4 is 15.9 Å². The van der Waals surface area contributed by atoms with Gasteiger partial charge in [-0.2, -0.15) is 0 Å². The second-order valence-electron chi connectivity index (χ2n) is 4.58. The lowest BCUT2D eigenvalue weighted by atomic mass is 10.1. The van der Waals surface area contributed by atoms with Crippen LogP contribution in [0.4, 0.5) is 8.78 Å². The fourth-order valence-electron chi connectivity index (χ4n) is 1.76. The van der Waals surface area contributed by atoms with Gasteiger partial charge in [-0.3, -0.25) is 0 Å². The number of halogens is 3. The Morgan fingerprint density at radius 2 is 1.60 bits per heavy atom. The summed E-state index contributed by atoms with van der Waals surface area (Å²) in [7, 11) is 0. The fraction of sp³-hybridized carbons (Fsp3) is 0.250. The summed E-state index contributed by atoms with van der Waals surface area (Å²) < 4.78 is 33.5. The Hall–Kier alpha value is -1.42. The van der Waals surface area contributed by atoms with Gasteiger partial charge in [0.05, 0.1) is 0 Å². The number of hydrogen-bond acceptors (Lipinski definition) is 1. The van der Waals surface area contributed by atoms with E-state index in [-0.39, 0.29) is 6.42 Å². The van der Waals surface area contributed by atoms with Crippen LogP contribution >= 0.6 is 15.9 Å². The molecule has 0 saturated carbocycles. The lowest BCUT2D eigenvalue weighted by Crippen LogP contribution is -2.26. The Kier molecular flexibility index (Phi) is 5.12. The van der Waals surface area contributed by atoms with Crippen molar-refractivity contribution in [3.63, 3.8) is 0 Å². The van der Waals surface area contributed by atoms with E-state index in [1.807, 2.05) is 30.3 Å². The number of rotatable bonds is 6. The Labute approximate surface area is 125 Å². The predicted molar refractivity (Wildman–Crippen MR) is 79.3 cm³/mol. The first kappa shape index (κ1) is 15.0. The van der Waals surface area contributed by atoms with Gasteiger partial charge in [0, 0.05) is 10.9 Å². The molecule has 0 heterocycles. The van der Waals surface area contributed by atoms with Crippen molar-refractivity contribution in [1.82, 2.24) is 0 Å². The minimum absolute atomic E-state index is 0.215. The van der Waals surface area contributed by atoms with Gasteiger partial charge in [0.2, 0.25) is 0 Å². The molecular weight excluding hydrogens is 326 g/mol. The normalized spacial score (nSPS) is 11.3. The second kappa shape index (κ2) is 6.84. The van der Waals surface area contributed by atoms with Crippen LogP contribution in [0.2, 0.25) is 0 Å². The molecule has 0 aliphatic carbocycles. The molecule has 0 aliphatic rings. The van der Waals surface area contributed by atoms with Crippen molar-refractivity contribution in [2.24, 2.45) is 0 Å². The van der Waals surface area contributed by atoms with E-state index >= 15 is 0 Å². The van der Waals surface area contributed by atoms with E-state index in [0.29, 0.717) is 12.2 Å². The van der Waals surface area contributed by atoms with Crippen LogP contribution in [0.1, 0.15) is 12.0 Å². The molecule has 0 N–H and O–H groups in total. The molecule has 4 heteroatoms. The van der Waals surface area contributed by atoms with Gasteiger partial charge in [0.25, 0.3) is 5.92 Å². The zero-order valence-corrected chi connectivity index (χ0v) is 12.4. The molecule has 0 radical (unpaired) electrons. The van der Waals surface area contributed by atoms with Gasteiger partial charge in [-0.1, -0.05) is 46.3 Å². The third-order valence-electron chi connectivity index (χ3n) is 2.89. The maximum atomic E-state index is 13.7. The van der Waals surface area contributed by atoms with Crippen LogP contribution in [0.15, 0.2) is 59.1 Å². The molecule has 0 aliphatic heterocycles. The molecule has 0 fully saturated rings. The van der Waals surface area contributed by atoms with Gasteiger partial charge in [0.15, 0.2) is 6.61 Å². The maximum Gasteiger partial charge on any atom is 0.281 e. The van der Waals surface area contributed by atoms with Gasteiger partial charge >= 0.3 is 0 Å². The zero-order valence-electron chi connectivity index (χ0n) is 10.9. The SMILES string of the molecule is FC(F)(CCc1ccccc1)COc1ccc(Br)cc1. The van der Waals surface area contributed by atoms with Crippen molar-refractivity contribution in [3.8, 4) is 5.75 Å². The van der Waals surface area contributed by atoms with Crippen LogP contribution < -0.4 is 4.74 Å². The molecule has 0 amide bonds. The number of alkyl halides is 2. The standard InChI is InChI=1S/C16H15BrF2O/c17-14-6-8-15(9-7-14)20-12-16(18,19)11-10-13-4-2-1-3-5-13/h1-9H,10-12H2. The van der Waals surface area contributed by atoms with Gasteiger partial charge in [0.1, 0.15) is 5.75 Å². The smallest absolute Gasteiger partial charge is 0.281 e. The summed E-state index contributed by atoms with van der Waals surface area (Å²) in [5.41, 5.74) is 0.913. The summed E-state index contributed by atoms with van der Waals surface area (Å²) >= 11 is 3.28. The minimum Gasteiger partial charge on any atom is -0.487 e.